The van der Waals surface area contributed by atoms with Crippen LogP contribution in [0.3, 0.4) is 0 Å². The summed E-state index contributed by atoms with van der Waals surface area (Å²) in [5, 5.41) is 3.40. The van der Waals surface area contributed by atoms with Crippen molar-refractivity contribution in [2.45, 2.75) is 12.8 Å². The van der Waals surface area contributed by atoms with Crippen LogP contribution in [0.1, 0.15) is 11.1 Å². The van der Waals surface area contributed by atoms with Crippen LogP contribution in [0.25, 0.3) is 22.8 Å². The monoisotopic (exact) mass is 830 g/mol. The molecule has 6 heterocycles. The van der Waals surface area contributed by atoms with Gasteiger partial charge in [-0.05, 0) is 66.4 Å². The molecule has 2 aromatic carbocycles. The summed E-state index contributed by atoms with van der Waals surface area (Å²) in [6.45, 7) is 10.0. The lowest BCUT2D eigenvalue weighted by Crippen LogP contribution is -2.47. The van der Waals surface area contributed by atoms with Gasteiger partial charge < -0.3 is 19.3 Å². The first-order chi connectivity index (χ1) is 27.4. The summed E-state index contributed by atoms with van der Waals surface area (Å²) in [5.74, 6) is 2.85. The standard InChI is InChI=1S/2C20H22ClN5OS/c1-27-18-7-2-15(14-22-18)8-9-25-10-12-26(13-11-25)20-23-19(24-28-20)16-3-5-17(21)6-4-16;1-27-18-13-15(5-7-22-18)6-8-25-9-11-26(12-10-25)20-23-19(24-28-20)16-3-2-4-17(21)14-16/h2-7,14H,8-13H2,1H3;2-5,7,13-14H,6,8-12H2,1H3. The molecule has 2 aliphatic rings. The van der Waals surface area contributed by atoms with Crippen molar-refractivity contribution in [2.24, 2.45) is 0 Å². The maximum absolute atomic E-state index is 6.08. The number of piperazine rings is 2. The lowest BCUT2D eigenvalue weighted by Gasteiger charge is -2.34. The third kappa shape index (κ3) is 10.9. The summed E-state index contributed by atoms with van der Waals surface area (Å²) >= 11 is 15.0. The van der Waals surface area contributed by atoms with Gasteiger partial charge in [0.15, 0.2) is 11.6 Å². The molecule has 12 nitrogen and oxygen atoms in total. The number of aromatic nitrogens is 6. The van der Waals surface area contributed by atoms with Gasteiger partial charge in [0, 0.05) is 134 Å². The zero-order valence-corrected chi connectivity index (χ0v) is 34.6. The maximum Gasteiger partial charge on any atom is 0.213 e. The molecule has 56 heavy (non-hydrogen) atoms. The second-order valence-electron chi connectivity index (χ2n) is 13.4. The summed E-state index contributed by atoms with van der Waals surface area (Å²) in [4.78, 5) is 27.5. The molecular weight excluding hydrogens is 788 g/mol. The molecule has 6 aromatic rings. The van der Waals surface area contributed by atoms with Gasteiger partial charge in [-0.1, -0.05) is 41.4 Å². The van der Waals surface area contributed by atoms with Crippen LogP contribution < -0.4 is 19.3 Å². The summed E-state index contributed by atoms with van der Waals surface area (Å²) in [6.07, 6.45) is 5.70. The van der Waals surface area contributed by atoms with Gasteiger partial charge in [-0.15, -0.1) is 0 Å². The van der Waals surface area contributed by atoms with Crippen LogP contribution in [0.15, 0.2) is 85.2 Å². The van der Waals surface area contributed by atoms with Crippen LogP contribution in [0.2, 0.25) is 10.0 Å². The number of ether oxygens (including phenoxy) is 2. The first-order valence-electron chi connectivity index (χ1n) is 18.5. The van der Waals surface area contributed by atoms with Gasteiger partial charge in [-0.25, -0.2) is 9.97 Å². The molecule has 0 saturated carbocycles. The smallest absolute Gasteiger partial charge is 0.213 e. The summed E-state index contributed by atoms with van der Waals surface area (Å²) in [6, 6.07) is 23.4. The van der Waals surface area contributed by atoms with Crippen molar-refractivity contribution in [2.75, 3.05) is 89.5 Å². The van der Waals surface area contributed by atoms with Crippen LogP contribution in [0.5, 0.6) is 11.8 Å². The lowest BCUT2D eigenvalue weighted by atomic mass is 10.2. The number of methoxy groups -OCH3 is 2. The van der Waals surface area contributed by atoms with Gasteiger partial charge >= 0.3 is 0 Å². The predicted molar refractivity (Wildman–Crippen MR) is 227 cm³/mol. The highest BCUT2D eigenvalue weighted by molar-refractivity contribution is 7.10. The van der Waals surface area contributed by atoms with Gasteiger partial charge in [0.25, 0.3) is 0 Å². The maximum atomic E-state index is 6.08. The topological polar surface area (TPSA) is 109 Å². The largest absolute Gasteiger partial charge is 0.481 e. The molecule has 0 unspecified atom stereocenters. The van der Waals surface area contributed by atoms with Crippen LogP contribution in [-0.4, -0.2) is 118 Å². The fraction of sp³-hybridized carbons (Fsp3) is 0.350. The Kier molecular flexibility index (Phi) is 13.9. The molecule has 2 fully saturated rings. The molecule has 0 atom stereocenters. The van der Waals surface area contributed by atoms with Crippen molar-refractivity contribution in [3.8, 4) is 34.5 Å². The summed E-state index contributed by atoms with van der Waals surface area (Å²) < 4.78 is 19.3. The van der Waals surface area contributed by atoms with Crippen LogP contribution in [-0.2, 0) is 12.8 Å². The Bertz CT molecular complexity index is 2120. The third-order valence-electron chi connectivity index (χ3n) is 9.75. The Morgan fingerprint density at radius 3 is 1.77 bits per heavy atom. The fourth-order valence-electron chi connectivity index (χ4n) is 6.45. The normalized spacial score (nSPS) is 15.0. The number of hydrogen-bond acceptors (Lipinski definition) is 14. The predicted octanol–water partition coefficient (Wildman–Crippen LogP) is 7.25. The highest BCUT2D eigenvalue weighted by Gasteiger charge is 2.22. The van der Waals surface area contributed by atoms with E-state index in [1.807, 2.05) is 66.9 Å². The molecule has 292 valence electrons. The summed E-state index contributed by atoms with van der Waals surface area (Å²) in [5.41, 5.74) is 4.45. The molecular formula is C40H44Cl2N10O2S2. The highest BCUT2D eigenvalue weighted by Crippen LogP contribution is 2.28. The van der Waals surface area contributed by atoms with Crippen molar-refractivity contribution >= 4 is 56.5 Å². The Labute approximate surface area is 346 Å². The quantitative estimate of drug-likeness (QED) is 0.124. The lowest BCUT2D eigenvalue weighted by molar-refractivity contribution is 0.261. The van der Waals surface area contributed by atoms with Gasteiger partial charge in [0.1, 0.15) is 0 Å². The van der Waals surface area contributed by atoms with Gasteiger partial charge in [0.05, 0.1) is 14.2 Å². The second kappa shape index (κ2) is 19.6. The Morgan fingerprint density at radius 1 is 0.589 bits per heavy atom. The third-order valence-corrected chi connectivity index (χ3v) is 11.8. The number of nitrogens with zero attached hydrogens (tertiary/aromatic N) is 10. The molecule has 8 rings (SSSR count). The molecule has 0 spiro atoms. The molecule has 0 bridgehead atoms. The first-order valence-corrected chi connectivity index (χ1v) is 20.8. The molecule has 0 radical (unpaired) electrons. The average molecular weight is 832 g/mol. The van der Waals surface area contributed by atoms with Crippen molar-refractivity contribution in [3.63, 3.8) is 0 Å². The highest BCUT2D eigenvalue weighted by atomic mass is 35.5. The number of halogens is 2. The van der Waals surface area contributed by atoms with Crippen LogP contribution >= 0.6 is 46.3 Å². The van der Waals surface area contributed by atoms with E-state index < -0.39 is 0 Å². The minimum atomic E-state index is 0.660. The minimum Gasteiger partial charge on any atom is -0.481 e. The molecule has 4 aromatic heterocycles. The number of anilines is 2. The van der Waals surface area contributed by atoms with Crippen LogP contribution in [0, 0.1) is 0 Å². The summed E-state index contributed by atoms with van der Waals surface area (Å²) in [7, 11) is 3.29. The Hall–Kier alpha value is -4.44. The van der Waals surface area contributed by atoms with E-state index in [0.717, 1.165) is 116 Å². The van der Waals surface area contributed by atoms with E-state index in [1.165, 1.54) is 34.2 Å². The van der Waals surface area contributed by atoms with Crippen LogP contribution in [0.4, 0.5) is 10.3 Å². The van der Waals surface area contributed by atoms with Crippen molar-refractivity contribution in [1.82, 2.24) is 38.5 Å². The molecule has 16 heteroatoms. The van der Waals surface area contributed by atoms with Gasteiger partial charge in [0.2, 0.25) is 22.0 Å². The fourth-order valence-corrected chi connectivity index (χ4v) is 8.24. The Morgan fingerprint density at radius 2 is 1.20 bits per heavy atom. The van der Waals surface area contributed by atoms with Crippen molar-refractivity contribution in [1.29, 1.82) is 0 Å². The zero-order valence-electron chi connectivity index (χ0n) is 31.4. The van der Waals surface area contributed by atoms with E-state index >= 15 is 0 Å². The van der Waals surface area contributed by atoms with E-state index in [2.05, 4.69) is 50.4 Å². The van der Waals surface area contributed by atoms with Crippen molar-refractivity contribution < 1.29 is 9.47 Å². The van der Waals surface area contributed by atoms with E-state index in [4.69, 9.17) is 42.6 Å². The molecule has 0 aliphatic carbocycles. The number of pyridine rings is 2. The van der Waals surface area contributed by atoms with E-state index in [0.29, 0.717) is 16.8 Å². The van der Waals surface area contributed by atoms with E-state index in [9.17, 15) is 0 Å². The molecule has 2 saturated heterocycles. The van der Waals surface area contributed by atoms with E-state index in [-0.39, 0.29) is 0 Å². The number of benzene rings is 2. The van der Waals surface area contributed by atoms with Gasteiger partial charge in [-0.3, -0.25) is 9.80 Å². The van der Waals surface area contributed by atoms with E-state index in [1.54, 1.807) is 20.4 Å². The Balaban J connectivity index is 0.000000172. The average Bonchev–Trinajstić information content (AvgIpc) is 3.95. The molecule has 0 N–H and O–H groups in total. The number of hydrogen-bond donors (Lipinski definition) is 0. The number of rotatable bonds is 12. The zero-order chi connectivity index (χ0) is 38.7. The first kappa shape index (κ1) is 39.8. The molecule has 0 amide bonds. The van der Waals surface area contributed by atoms with Gasteiger partial charge in [-0.2, -0.15) is 18.7 Å². The second-order valence-corrected chi connectivity index (χ2v) is 15.7. The SMILES string of the molecule is COc1cc(CCN2CCN(c3nc(-c4cccc(Cl)c4)ns3)CC2)ccn1.COc1ccc(CCN2CCN(c3nc(-c4ccc(Cl)cc4)ns3)CC2)cn1. The molecule has 2 aliphatic heterocycles. The minimum absolute atomic E-state index is 0.660. The van der Waals surface area contributed by atoms with Crippen molar-refractivity contribution in [3.05, 3.63) is 106 Å².